The van der Waals surface area contributed by atoms with E-state index in [2.05, 4.69) is 5.32 Å². The maximum absolute atomic E-state index is 12.8. The lowest BCUT2D eigenvalue weighted by atomic mass is 9.96. The van der Waals surface area contributed by atoms with Crippen molar-refractivity contribution in [1.82, 2.24) is 9.80 Å². The molecule has 0 radical (unpaired) electrons. The summed E-state index contributed by atoms with van der Waals surface area (Å²) >= 11 is 0. The predicted molar refractivity (Wildman–Crippen MR) is 92.7 cm³/mol. The molecule has 1 atom stereocenters. The van der Waals surface area contributed by atoms with E-state index in [1.165, 1.54) is 17.0 Å². The number of amides is 3. The Labute approximate surface area is 151 Å². The van der Waals surface area contributed by atoms with E-state index < -0.39 is 17.8 Å². The Balaban J connectivity index is 2.02. The Hall–Kier alpha value is -2.25. The van der Waals surface area contributed by atoms with Crippen molar-refractivity contribution in [3.05, 3.63) is 29.8 Å². The molecule has 0 aliphatic carbocycles. The molecule has 1 aliphatic heterocycles. The van der Waals surface area contributed by atoms with E-state index in [0.29, 0.717) is 32.5 Å². The Morgan fingerprint density at radius 2 is 1.96 bits per heavy atom. The van der Waals surface area contributed by atoms with Crippen molar-refractivity contribution in [2.45, 2.75) is 32.9 Å². The Kier molecular flexibility index (Phi) is 6.50. The van der Waals surface area contributed by atoms with Crippen molar-refractivity contribution in [1.29, 1.82) is 0 Å². The Morgan fingerprint density at radius 1 is 1.27 bits per heavy atom. The third-order valence-corrected chi connectivity index (χ3v) is 4.57. The molecule has 2 rings (SSSR count). The van der Waals surface area contributed by atoms with Gasteiger partial charge < -0.3 is 15.1 Å². The van der Waals surface area contributed by atoms with Gasteiger partial charge in [-0.3, -0.25) is 4.79 Å². The normalized spacial score (nSPS) is 17.7. The fraction of sp³-hybridized carbons (Fsp3) is 0.556. The second-order valence-corrected chi connectivity index (χ2v) is 6.30. The van der Waals surface area contributed by atoms with Crippen molar-refractivity contribution in [2.24, 2.45) is 5.92 Å². The number of carbonyl (C=O) groups is 2. The highest BCUT2D eigenvalue weighted by Crippen LogP contribution is 2.30. The van der Waals surface area contributed by atoms with Crippen molar-refractivity contribution < 1.29 is 22.8 Å². The van der Waals surface area contributed by atoms with Crippen LogP contribution >= 0.6 is 0 Å². The number of urea groups is 1. The van der Waals surface area contributed by atoms with Crippen molar-refractivity contribution >= 4 is 17.6 Å². The molecule has 26 heavy (non-hydrogen) atoms. The molecular weight excluding hydrogens is 347 g/mol. The van der Waals surface area contributed by atoms with Gasteiger partial charge in [-0.25, -0.2) is 4.79 Å². The smallest absolute Gasteiger partial charge is 0.343 e. The maximum atomic E-state index is 12.8. The van der Waals surface area contributed by atoms with Crippen molar-refractivity contribution in [3.8, 4) is 0 Å². The van der Waals surface area contributed by atoms with Crippen LogP contribution in [0.3, 0.4) is 0 Å². The minimum Gasteiger partial charge on any atom is -0.343 e. The van der Waals surface area contributed by atoms with Crippen LogP contribution in [0.1, 0.15) is 32.3 Å². The first-order chi connectivity index (χ1) is 12.3. The van der Waals surface area contributed by atoms with E-state index in [1.54, 1.807) is 4.90 Å². The van der Waals surface area contributed by atoms with Crippen LogP contribution in [0, 0.1) is 5.92 Å². The largest absolute Gasteiger partial charge is 0.416 e. The minimum atomic E-state index is -4.47. The lowest BCUT2D eigenvalue weighted by Crippen LogP contribution is -2.47. The van der Waals surface area contributed by atoms with Crippen LogP contribution in [0.15, 0.2) is 24.3 Å². The number of rotatable bonds is 4. The zero-order valence-corrected chi connectivity index (χ0v) is 15.0. The monoisotopic (exact) mass is 371 g/mol. The molecule has 8 heteroatoms. The average Bonchev–Trinajstić information content (AvgIpc) is 2.62. The first kappa shape index (κ1) is 20.1. The molecule has 144 valence electrons. The van der Waals surface area contributed by atoms with Crippen molar-refractivity contribution in [3.63, 3.8) is 0 Å². The van der Waals surface area contributed by atoms with E-state index in [0.717, 1.165) is 12.1 Å². The topological polar surface area (TPSA) is 52.7 Å². The van der Waals surface area contributed by atoms with E-state index in [4.69, 9.17) is 0 Å². The summed E-state index contributed by atoms with van der Waals surface area (Å²) in [5.74, 6) is -0.248. The molecule has 0 spiro atoms. The molecule has 1 aliphatic rings. The number of anilines is 1. The summed E-state index contributed by atoms with van der Waals surface area (Å²) in [6.45, 7) is 5.79. The number of hydrogen-bond acceptors (Lipinski definition) is 2. The van der Waals surface area contributed by atoms with Gasteiger partial charge >= 0.3 is 12.2 Å². The summed E-state index contributed by atoms with van der Waals surface area (Å²) in [7, 11) is 0. The van der Waals surface area contributed by atoms with Gasteiger partial charge in [0, 0.05) is 31.9 Å². The number of likely N-dealkylation sites (tertiary alicyclic amines) is 1. The molecule has 1 unspecified atom stereocenters. The average molecular weight is 371 g/mol. The molecule has 0 aromatic heterocycles. The first-order valence-corrected chi connectivity index (χ1v) is 8.78. The molecule has 1 heterocycles. The Bertz CT molecular complexity index is 645. The van der Waals surface area contributed by atoms with Crippen LogP contribution in [0.25, 0.3) is 0 Å². The number of benzene rings is 1. The lowest BCUT2D eigenvalue weighted by Gasteiger charge is -2.34. The second-order valence-electron chi connectivity index (χ2n) is 6.30. The molecule has 1 aromatic carbocycles. The molecular formula is C18H24F3N3O2. The molecule has 0 saturated carbocycles. The van der Waals surface area contributed by atoms with Crippen LogP contribution < -0.4 is 5.32 Å². The van der Waals surface area contributed by atoms with E-state index in [1.807, 2.05) is 13.8 Å². The van der Waals surface area contributed by atoms with Gasteiger partial charge in [0.2, 0.25) is 5.91 Å². The summed E-state index contributed by atoms with van der Waals surface area (Å²) in [5, 5.41) is 2.50. The van der Waals surface area contributed by atoms with Crippen LogP contribution in [-0.2, 0) is 11.0 Å². The number of nitrogens with one attached hydrogen (secondary N) is 1. The van der Waals surface area contributed by atoms with E-state index >= 15 is 0 Å². The highest BCUT2D eigenvalue weighted by atomic mass is 19.4. The van der Waals surface area contributed by atoms with Crippen LogP contribution in [-0.4, -0.2) is 47.9 Å². The van der Waals surface area contributed by atoms with Crippen LogP contribution in [0.5, 0.6) is 0 Å². The molecule has 5 nitrogen and oxygen atoms in total. The highest BCUT2D eigenvalue weighted by Gasteiger charge is 2.32. The van der Waals surface area contributed by atoms with Gasteiger partial charge in [0.05, 0.1) is 11.5 Å². The van der Waals surface area contributed by atoms with Gasteiger partial charge in [-0.2, -0.15) is 13.2 Å². The number of halogens is 3. The van der Waals surface area contributed by atoms with Gasteiger partial charge in [0.15, 0.2) is 0 Å². The van der Waals surface area contributed by atoms with Gasteiger partial charge in [0.25, 0.3) is 0 Å². The van der Waals surface area contributed by atoms with E-state index in [9.17, 15) is 22.8 Å². The third kappa shape index (κ3) is 4.89. The fourth-order valence-electron chi connectivity index (χ4n) is 3.13. The minimum absolute atomic E-state index is 0.0200. The summed E-state index contributed by atoms with van der Waals surface area (Å²) in [4.78, 5) is 28.1. The number of piperidine rings is 1. The molecule has 1 saturated heterocycles. The molecule has 3 amide bonds. The number of hydrogen-bond donors (Lipinski definition) is 1. The van der Waals surface area contributed by atoms with Gasteiger partial charge in [-0.05, 0) is 44.9 Å². The number of nitrogens with zero attached hydrogens (tertiary/aromatic N) is 2. The highest BCUT2D eigenvalue weighted by molar-refractivity contribution is 5.90. The van der Waals surface area contributed by atoms with Gasteiger partial charge in [0.1, 0.15) is 0 Å². The van der Waals surface area contributed by atoms with Crippen LogP contribution in [0.4, 0.5) is 23.7 Å². The summed E-state index contributed by atoms with van der Waals surface area (Å²) in [5.41, 5.74) is -0.731. The van der Waals surface area contributed by atoms with Crippen molar-refractivity contribution in [2.75, 3.05) is 31.5 Å². The molecule has 1 fully saturated rings. The van der Waals surface area contributed by atoms with Gasteiger partial charge in [-0.15, -0.1) is 0 Å². The fourth-order valence-corrected chi connectivity index (χ4v) is 3.13. The first-order valence-electron chi connectivity index (χ1n) is 8.78. The molecule has 1 aromatic rings. The standard InChI is InChI=1S/C18H24F3N3O2/c1-3-23(4-2)16(25)13-7-6-10-24(12-13)17(26)22-15-9-5-8-14(11-15)18(19,20)21/h5,8-9,11,13H,3-4,6-7,10,12H2,1-2H3,(H,22,26). The molecule has 1 N–H and O–H groups in total. The Morgan fingerprint density at radius 3 is 2.58 bits per heavy atom. The predicted octanol–water partition coefficient (Wildman–Crippen LogP) is 3.82. The zero-order valence-electron chi connectivity index (χ0n) is 15.0. The third-order valence-electron chi connectivity index (χ3n) is 4.57. The second kappa shape index (κ2) is 8.42. The summed E-state index contributed by atoms with van der Waals surface area (Å²) < 4.78 is 38.3. The van der Waals surface area contributed by atoms with Gasteiger partial charge in [-0.1, -0.05) is 6.07 Å². The quantitative estimate of drug-likeness (QED) is 0.875. The summed E-state index contributed by atoms with van der Waals surface area (Å²) in [6, 6.07) is 4.04. The maximum Gasteiger partial charge on any atom is 0.416 e. The SMILES string of the molecule is CCN(CC)C(=O)C1CCCN(C(=O)Nc2cccc(C(F)(F)F)c2)C1. The van der Waals surface area contributed by atoms with Crippen LogP contribution in [0.2, 0.25) is 0 Å². The summed E-state index contributed by atoms with van der Waals surface area (Å²) in [6.07, 6.45) is -3.07. The van der Waals surface area contributed by atoms with E-state index in [-0.39, 0.29) is 24.1 Å². The number of alkyl halides is 3. The zero-order chi connectivity index (χ0) is 19.3. The molecule has 0 bridgehead atoms. The lowest BCUT2D eigenvalue weighted by molar-refractivity contribution is -0.138. The number of carbonyl (C=O) groups excluding carboxylic acids is 2.